The quantitative estimate of drug-likeness (QED) is 0.607. The van der Waals surface area contributed by atoms with Crippen LogP contribution in [-0.2, 0) is 16.1 Å². The fourth-order valence-electron chi connectivity index (χ4n) is 4.25. The number of ether oxygens (including phenoxy) is 2. The van der Waals surface area contributed by atoms with Crippen molar-refractivity contribution in [2.75, 3.05) is 37.7 Å². The predicted molar refractivity (Wildman–Crippen MR) is 117 cm³/mol. The Morgan fingerprint density at radius 3 is 2.74 bits per heavy atom. The molecule has 1 aromatic heterocycles. The van der Waals surface area contributed by atoms with E-state index in [1.807, 2.05) is 49.4 Å². The molecule has 2 aliphatic heterocycles. The molecule has 7 heteroatoms. The van der Waals surface area contributed by atoms with Crippen molar-refractivity contribution in [1.82, 2.24) is 4.90 Å². The molecule has 31 heavy (non-hydrogen) atoms. The average molecular weight is 420 g/mol. The van der Waals surface area contributed by atoms with Gasteiger partial charge in [-0.2, -0.15) is 0 Å². The number of carbonyl (C=O) groups is 1. The van der Waals surface area contributed by atoms with E-state index < -0.39 is 6.10 Å². The van der Waals surface area contributed by atoms with E-state index in [2.05, 4.69) is 4.90 Å². The molecule has 0 spiro atoms. The Bertz CT molecular complexity index is 1180. The van der Waals surface area contributed by atoms with Crippen LogP contribution in [0.2, 0.25) is 0 Å². The van der Waals surface area contributed by atoms with Gasteiger partial charge in [-0.1, -0.05) is 24.3 Å². The lowest BCUT2D eigenvalue weighted by molar-refractivity contribution is -0.142. The Kier molecular flexibility index (Phi) is 5.11. The molecular formula is C24H24N2O5. The van der Waals surface area contributed by atoms with Crippen molar-refractivity contribution in [3.05, 3.63) is 70.1 Å². The molecule has 1 fully saturated rings. The van der Waals surface area contributed by atoms with Crippen molar-refractivity contribution in [3.63, 3.8) is 0 Å². The Morgan fingerprint density at radius 1 is 1.10 bits per heavy atom. The van der Waals surface area contributed by atoms with E-state index in [0.29, 0.717) is 50.7 Å². The average Bonchev–Trinajstić information content (AvgIpc) is 2.78. The highest BCUT2D eigenvalue weighted by molar-refractivity contribution is 5.84. The van der Waals surface area contributed by atoms with E-state index in [1.165, 1.54) is 6.07 Å². The van der Waals surface area contributed by atoms with Crippen molar-refractivity contribution >= 4 is 22.6 Å². The number of fused-ring (bicyclic) bond motifs is 2. The predicted octanol–water partition coefficient (Wildman–Crippen LogP) is 2.73. The van der Waals surface area contributed by atoms with E-state index in [0.717, 1.165) is 22.2 Å². The van der Waals surface area contributed by atoms with Crippen LogP contribution in [-0.4, -0.2) is 49.8 Å². The second-order valence-electron chi connectivity index (χ2n) is 7.98. The van der Waals surface area contributed by atoms with Crippen LogP contribution < -0.4 is 15.3 Å². The van der Waals surface area contributed by atoms with Gasteiger partial charge in [-0.05, 0) is 36.2 Å². The fourth-order valence-corrected chi connectivity index (χ4v) is 4.25. The van der Waals surface area contributed by atoms with Gasteiger partial charge >= 0.3 is 5.63 Å². The zero-order chi connectivity index (χ0) is 21.4. The molecule has 0 aliphatic carbocycles. The Morgan fingerprint density at radius 2 is 1.90 bits per heavy atom. The summed E-state index contributed by atoms with van der Waals surface area (Å²) >= 11 is 0. The second kappa shape index (κ2) is 8.07. The highest BCUT2D eigenvalue weighted by Crippen LogP contribution is 2.35. The lowest BCUT2D eigenvalue weighted by Crippen LogP contribution is -2.52. The standard InChI is InChI=1S/C24H24N2O5/c1-16-6-7-18-17(13-23(27)31-21(18)12-16)14-26-15-22(24(28)25-8-10-29-11-9-25)30-20-5-3-2-4-19(20)26/h2-7,12-13,22H,8-11,14-15H2,1H3. The molecule has 1 atom stereocenters. The number of nitrogens with zero attached hydrogens (tertiary/aromatic N) is 2. The van der Waals surface area contributed by atoms with Gasteiger partial charge in [0, 0.05) is 31.1 Å². The van der Waals surface area contributed by atoms with Crippen LogP contribution in [0.1, 0.15) is 11.1 Å². The summed E-state index contributed by atoms with van der Waals surface area (Å²) in [6.07, 6.45) is -0.610. The molecule has 1 saturated heterocycles. The fraction of sp³-hybridized carbons (Fsp3) is 0.333. The number of morpholine rings is 1. The Hall–Kier alpha value is -3.32. The van der Waals surface area contributed by atoms with Crippen LogP contribution in [0.3, 0.4) is 0 Å². The molecule has 3 heterocycles. The molecule has 2 aliphatic rings. The molecular weight excluding hydrogens is 396 g/mol. The highest BCUT2D eigenvalue weighted by Gasteiger charge is 2.34. The van der Waals surface area contributed by atoms with E-state index in [1.54, 1.807) is 4.90 Å². The summed E-state index contributed by atoms with van der Waals surface area (Å²) in [7, 11) is 0. The second-order valence-corrected chi connectivity index (χ2v) is 7.98. The Labute approximate surface area is 179 Å². The third kappa shape index (κ3) is 3.88. The first kappa shape index (κ1) is 19.6. The summed E-state index contributed by atoms with van der Waals surface area (Å²) in [4.78, 5) is 29.2. The van der Waals surface area contributed by atoms with Crippen molar-refractivity contribution < 1.29 is 18.7 Å². The number of hydrogen-bond donors (Lipinski definition) is 0. The minimum Gasteiger partial charge on any atom is -0.477 e. The number of anilines is 1. The molecule has 0 radical (unpaired) electrons. The maximum atomic E-state index is 13.1. The lowest BCUT2D eigenvalue weighted by atomic mass is 10.1. The van der Waals surface area contributed by atoms with E-state index >= 15 is 0 Å². The monoisotopic (exact) mass is 420 g/mol. The summed E-state index contributed by atoms with van der Waals surface area (Å²) in [5.74, 6) is 0.638. The van der Waals surface area contributed by atoms with Crippen LogP contribution >= 0.6 is 0 Å². The van der Waals surface area contributed by atoms with E-state index in [9.17, 15) is 9.59 Å². The molecule has 5 rings (SSSR count). The van der Waals surface area contributed by atoms with Crippen molar-refractivity contribution in [2.24, 2.45) is 0 Å². The maximum Gasteiger partial charge on any atom is 0.336 e. The minimum atomic E-state index is -0.610. The topological polar surface area (TPSA) is 72.2 Å². The molecule has 3 aromatic rings. The van der Waals surface area contributed by atoms with Gasteiger partial charge in [-0.25, -0.2) is 4.79 Å². The van der Waals surface area contributed by atoms with Gasteiger partial charge in [0.15, 0.2) is 6.10 Å². The highest BCUT2D eigenvalue weighted by atomic mass is 16.5. The normalized spacial score (nSPS) is 18.5. The maximum absolute atomic E-state index is 13.1. The van der Waals surface area contributed by atoms with Gasteiger partial charge < -0.3 is 23.7 Å². The number of amides is 1. The van der Waals surface area contributed by atoms with Crippen molar-refractivity contribution in [3.8, 4) is 5.75 Å². The van der Waals surface area contributed by atoms with Gasteiger partial charge in [-0.3, -0.25) is 4.79 Å². The van der Waals surface area contributed by atoms with E-state index in [-0.39, 0.29) is 11.5 Å². The summed E-state index contributed by atoms with van der Waals surface area (Å²) in [5.41, 5.74) is 2.99. The lowest BCUT2D eigenvalue weighted by Gasteiger charge is -2.38. The zero-order valence-electron chi connectivity index (χ0n) is 17.4. The van der Waals surface area contributed by atoms with Gasteiger partial charge in [0.2, 0.25) is 0 Å². The zero-order valence-corrected chi connectivity index (χ0v) is 17.4. The Balaban J connectivity index is 1.49. The molecule has 0 saturated carbocycles. The molecule has 7 nitrogen and oxygen atoms in total. The summed E-state index contributed by atoms with van der Waals surface area (Å²) in [5, 5.41) is 0.894. The number of hydrogen-bond acceptors (Lipinski definition) is 6. The smallest absolute Gasteiger partial charge is 0.336 e. The summed E-state index contributed by atoms with van der Waals surface area (Å²) < 4.78 is 16.9. The molecule has 2 aromatic carbocycles. The largest absolute Gasteiger partial charge is 0.477 e. The van der Waals surface area contributed by atoms with Crippen LogP contribution in [0.15, 0.2) is 57.7 Å². The number of aryl methyl sites for hydroxylation is 1. The van der Waals surface area contributed by atoms with Gasteiger partial charge in [0.05, 0.1) is 25.4 Å². The van der Waals surface area contributed by atoms with Gasteiger partial charge in [0.25, 0.3) is 5.91 Å². The SMILES string of the molecule is Cc1ccc2c(CN3CC(C(=O)N4CCOCC4)Oc4ccccc43)cc(=O)oc2c1. The molecule has 0 N–H and O–H groups in total. The van der Waals surface area contributed by atoms with Crippen molar-refractivity contribution in [1.29, 1.82) is 0 Å². The number of benzene rings is 2. The first-order valence-corrected chi connectivity index (χ1v) is 10.5. The molecule has 1 unspecified atom stereocenters. The van der Waals surface area contributed by atoms with Crippen LogP contribution in [0.25, 0.3) is 11.0 Å². The van der Waals surface area contributed by atoms with E-state index in [4.69, 9.17) is 13.9 Å². The first-order valence-electron chi connectivity index (χ1n) is 10.5. The molecule has 160 valence electrons. The van der Waals surface area contributed by atoms with Gasteiger partial charge in [0.1, 0.15) is 11.3 Å². The van der Waals surface area contributed by atoms with Crippen molar-refractivity contribution in [2.45, 2.75) is 19.6 Å². The summed E-state index contributed by atoms with van der Waals surface area (Å²) in [6.45, 7) is 5.08. The van der Waals surface area contributed by atoms with Gasteiger partial charge in [-0.15, -0.1) is 0 Å². The van der Waals surface area contributed by atoms with Crippen LogP contribution in [0.4, 0.5) is 5.69 Å². The van der Waals surface area contributed by atoms with Crippen LogP contribution in [0, 0.1) is 6.92 Å². The third-order valence-electron chi connectivity index (χ3n) is 5.81. The number of rotatable bonds is 3. The molecule has 1 amide bonds. The van der Waals surface area contributed by atoms with Crippen LogP contribution in [0.5, 0.6) is 5.75 Å². The third-order valence-corrected chi connectivity index (χ3v) is 5.81. The molecule has 0 bridgehead atoms. The first-order chi connectivity index (χ1) is 15.1. The number of para-hydroxylation sites is 2. The number of carbonyl (C=O) groups excluding carboxylic acids is 1. The summed E-state index contributed by atoms with van der Waals surface area (Å²) in [6, 6.07) is 15.1. The minimum absolute atomic E-state index is 0.0316.